The second-order valence-electron chi connectivity index (χ2n) is 1.38. The Kier molecular flexibility index (Phi) is 4.81. The van der Waals surface area contributed by atoms with Crippen molar-refractivity contribution < 1.29 is 32.7 Å². The van der Waals surface area contributed by atoms with Crippen LogP contribution in [-0.4, -0.2) is 4.98 Å². The molecule has 1 aromatic heterocycles. The molecule has 0 aliphatic heterocycles. The number of hydrogen-bond acceptors (Lipinski definition) is 2. The SMILES string of the molecule is N#Cc1nc[c-]cc1Cl.[Y]. The predicted octanol–water partition coefficient (Wildman–Crippen LogP) is 1.40. The summed E-state index contributed by atoms with van der Waals surface area (Å²) in [7, 11) is 0. The molecule has 1 radical (unpaired) electrons. The van der Waals surface area contributed by atoms with E-state index in [-0.39, 0.29) is 38.4 Å². The standard InChI is InChI=1S/C6H2ClN2.Y/c7-5-2-1-3-9-6(5)4-8;/h2-3H;/q-1;. The molecule has 0 saturated carbocycles. The van der Waals surface area contributed by atoms with Crippen molar-refractivity contribution in [1.29, 1.82) is 5.26 Å². The molecular weight excluding hydrogens is 224 g/mol. The Hall–Kier alpha value is 0.0339. The monoisotopic (exact) mass is 226 g/mol. The number of hydrogen-bond donors (Lipinski definition) is 0. The molecule has 0 amide bonds. The van der Waals surface area contributed by atoms with E-state index in [1.54, 1.807) is 0 Å². The van der Waals surface area contributed by atoms with Crippen molar-refractivity contribution in [3.8, 4) is 6.07 Å². The summed E-state index contributed by atoms with van der Waals surface area (Å²) in [5.41, 5.74) is 0.246. The van der Waals surface area contributed by atoms with Crippen LogP contribution in [0.2, 0.25) is 5.02 Å². The predicted molar refractivity (Wildman–Crippen MR) is 32.8 cm³/mol. The quantitative estimate of drug-likeness (QED) is 0.627. The first-order chi connectivity index (χ1) is 4.34. The first kappa shape index (κ1) is 10.0. The maximum absolute atomic E-state index is 8.31. The van der Waals surface area contributed by atoms with Crippen molar-refractivity contribution in [2.75, 3.05) is 0 Å². The van der Waals surface area contributed by atoms with Crippen LogP contribution in [0.5, 0.6) is 0 Å². The Morgan fingerprint density at radius 2 is 2.40 bits per heavy atom. The van der Waals surface area contributed by atoms with Crippen LogP contribution < -0.4 is 0 Å². The third-order valence-corrected chi connectivity index (χ3v) is 1.10. The normalized spacial score (nSPS) is 7.60. The van der Waals surface area contributed by atoms with E-state index in [2.05, 4.69) is 11.1 Å². The van der Waals surface area contributed by atoms with E-state index in [9.17, 15) is 0 Å². The van der Waals surface area contributed by atoms with Gasteiger partial charge in [-0.2, -0.15) is 5.26 Å². The summed E-state index contributed by atoms with van der Waals surface area (Å²) in [5.74, 6) is 0. The van der Waals surface area contributed by atoms with Gasteiger partial charge < -0.3 is 0 Å². The smallest absolute Gasteiger partial charge is 0.101 e. The minimum absolute atomic E-state index is 0. The van der Waals surface area contributed by atoms with Crippen molar-refractivity contribution in [1.82, 2.24) is 4.98 Å². The molecule has 10 heavy (non-hydrogen) atoms. The van der Waals surface area contributed by atoms with Crippen molar-refractivity contribution in [3.63, 3.8) is 0 Å². The molecule has 0 saturated heterocycles. The van der Waals surface area contributed by atoms with Crippen LogP contribution in [0.3, 0.4) is 0 Å². The van der Waals surface area contributed by atoms with Gasteiger partial charge in [-0.05, 0) is 0 Å². The molecule has 0 aromatic carbocycles. The maximum Gasteiger partial charge on any atom is 0.101 e. The van der Waals surface area contributed by atoms with Crippen LogP contribution in [0.25, 0.3) is 0 Å². The van der Waals surface area contributed by atoms with Gasteiger partial charge in [0.05, 0.1) is 5.69 Å². The molecule has 0 aliphatic rings. The van der Waals surface area contributed by atoms with Gasteiger partial charge in [-0.25, -0.2) is 23.7 Å². The van der Waals surface area contributed by atoms with Crippen molar-refractivity contribution >= 4 is 11.6 Å². The minimum atomic E-state index is 0. The number of rotatable bonds is 0. The maximum atomic E-state index is 8.31. The Morgan fingerprint density at radius 3 is 2.80 bits per heavy atom. The van der Waals surface area contributed by atoms with Crippen LogP contribution in [0.1, 0.15) is 5.69 Å². The molecule has 0 fully saturated rings. The van der Waals surface area contributed by atoms with Gasteiger partial charge >= 0.3 is 0 Å². The zero-order valence-corrected chi connectivity index (χ0v) is 8.60. The topological polar surface area (TPSA) is 36.7 Å². The van der Waals surface area contributed by atoms with Gasteiger partial charge in [0.2, 0.25) is 0 Å². The molecule has 1 rings (SSSR count). The average Bonchev–Trinajstić information content (AvgIpc) is 1.89. The molecule has 0 bridgehead atoms. The summed E-state index contributed by atoms with van der Waals surface area (Å²) in [6.45, 7) is 0. The second-order valence-corrected chi connectivity index (χ2v) is 1.78. The van der Waals surface area contributed by atoms with Gasteiger partial charge in [0.25, 0.3) is 0 Å². The summed E-state index contributed by atoms with van der Waals surface area (Å²) in [4.78, 5) is 3.65. The van der Waals surface area contributed by atoms with E-state index in [1.165, 1.54) is 12.3 Å². The van der Waals surface area contributed by atoms with Crippen LogP contribution in [0.4, 0.5) is 0 Å². The zero-order valence-electron chi connectivity index (χ0n) is 5.00. The van der Waals surface area contributed by atoms with Crippen LogP contribution in [-0.2, 0) is 32.7 Å². The summed E-state index contributed by atoms with van der Waals surface area (Å²) in [6, 6.07) is 5.98. The summed E-state index contributed by atoms with van der Waals surface area (Å²) in [5, 5.41) is 8.65. The van der Waals surface area contributed by atoms with Crippen molar-refractivity contribution in [3.05, 3.63) is 29.0 Å². The molecule has 1 aromatic rings. The van der Waals surface area contributed by atoms with E-state index < -0.39 is 0 Å². The van der Waals surface area contributed by atoms with Crippen LogP contribution >= 0.6 is 11.6 Å². The Morgan fingerprint density at radius 1 is 1.70 bits per heavy atom. The van der Waals surface area contributed by atoms with Gasteiger partial charge in [-0.1, -0.05) is 11.2 Å². The Balaban J connectivity index is 0.000000810. The van der Waals surface area contributed by atoms with Gasteiger partial charge in [0, 0.05) is 32.7 Å². The number of nitrogens with zero attached hydrogens (tertiary/aromatic N) is 2. The molecule has 0 spiro atoms. The van der Waals surface area contributed by atoms with Crippen LogP contribution in [0, 0.1) is 17.4 Å². The molecule has 0 atom stereocenters. The molecule has 2 nitrogen and oxygen atoms in total. The average molecular weight is 226 g/mol. The van der Waals surface area contributed by atoms with E-state index in [0.29, 0.717) is 5.02 Å². The Bertz CT molecular complexity index is 256. The van der Waals surface area contributed by atoms with Gasteiger partial charge in [0.15, 0.2) is 0 Å². The van der Waals surface area contributed by atoms with E-state index in [0.717, 1.165) is 0 Å². The van der Waals surface area contributed by atoms with E-state index in [1.807, 2.05) is 6.07 Å². The fourth-order valence-corrected chi connectivity index (χ4v) is 0.579. The molecule has 0 unspecified atom stereocenters. The first-order valence-electron chi connectivity index (χ1n) is 2.26. The summed E-state index contributed by atoms with van der Waals surface area (Å²) in [6.07, 6.45) is 1.41. The molecule has 4 heteroatoms. The fraction of sp³-hybridized carbons (Fsp3) is 0. The molecule has 47 valence electrons. The van der Waals surface area contributed by atoms with Crippen LogP contribution in [0.15, 0.2) is 12.3 Å². The van der Waals surface area contributed by atoms with Gasteiger partial charge in [-0.3, -0.25) is 4.98 Å². The van der Waals surface area contributed by atoms with Crippen molar-refractivity contribution in [2.45, 2.75) is 0 Å². The number of halogens is 1. The second kappa shape index (κ2) is 4.79. The number of aromatic nitrogens is 1. The van der Waals surface area contributed by atoms with Gasteiger partial charge in [-0.15, -0.1) is 0 Å². The third-order valence-electron chi connectivity index (χ3n) is 0.810. The number of pyridine rings is 1. The summed E-state index contributed by atoms with van der Waals surface area (Å²) >= 11 is 5.51. The van der Waals surface area contributed by atoms with Crippen molar-refractivity contribution in [2.24, 2.45) is 0 Å². The first-order valence-corrected chi connectivity index (χ1v) is 2.64. The summed E-state index contributed by atoms with van der Waals surface area (Å²) < 4.78 is 0. The molecule has 0 N–H and O–H groups in total. The largest absolute Gasteiger partial charge is 0.284 e. The molecular formula is C6H2ClN2Y-. The van der Waals surface area contributed by atoms with E-state index in [4.69, 9.17) is 16.9 Å². The Labute approximate surface area is 89.1 Å². The third kappa shape index (κ3) is 2.34. The fourth-order valence-electron chi connectivity index (χ4n) is 0.425. The molecule has 1 heterocycles. The van der Waals surface area contributed by atoms with Gasteiger partial charge in [0.1, 0.15) is 6.07 Å². The minimum Gasteiger partial charge on any atom is -0.284 e. The zero-order chi connectivity index (χ0) is 6.69. The molecule has 0 aliphatic carbocycles. The number of nitriles is 1. The van der Waals surface area contributed by atoms with E-state index >= 15 is 0 Å².